The van der Waals surface area contributed by atoms with E-state index in [1.165, 1.54) is 11.8 Å². The van der Waals surface area contributed by atoms with Crippen LogP contribution in [0.5, 0.6) is 17.2 Å². The number of hydrogen-bond acceptors (Lipinski definition) is 6. The minimum absolute atomic E-state index is 0.0698. The highest BCUT2D eigenvalue weighted by atomic mass is 32.2. The third kappa shape index (κ3) is 6.71. The van der Waals surface area contributed by atoms with Crippen molar-refractivity contribution in [3.8, 4) is 17.2 Å². The lowest BCUT2D eigenvalue weighted by molar-refractivity contribution is -0.129. The van der Waals surface area contributed by atoms with Crippen molar-refractivity contribution in [1.29, 1.82) is 0 Å². The standard InChI is InChI=1S/C24H28N2O4S2/c1-4-29-18-9-11-20(12-10-18)30-19-7-5-17(6-8-19)14-25-22(27)13-21-23(28)26(15-16(2)3)24(31)32-21/h5-12,16,21H,4,13-15H2,1-3H3,(H,25,27). The Morgan fingerprint density at radius 1 is 1.09 bits per heavy atom. The topological polar surface area (TPSA) is 67.9 Å². The molecule has 8 heteroatoms. The Labute approximate surface area is 198 Å². The van der Waals surface area contributed by atoms with Crippen LogP contribution in [0.1, 0.15) is 32.8 Å². The van der Waals surface area contributed by atoms with Crippen LogP contribution in [0.2, 0.25) is 0 Å². The van der Waals surface area contributed by atoms with Gasteiger partial charge in [0.15, 0.2) is 0 Å². The zero-order valence-corrected chi connectivity index (χ0v) is 20.1. The van der Waals surface area contributed by atoms with Gasteiger partial charge in [-0.25, -0.2) is 0 Å². The summed E-state index contributed by atoms with van der Waals surface area (Å²) in [6.45, 7) is 7.61. The number of ether oxygens (including phenoxy) is 2. The third-order valence-corrected chi connectivity index (χ3v) is 6.29. The van der Waals surface area contributed by atoms with Gasteiger partial charge >= 0.3 is 0 Å². The number of rotatable bonds is 10. The normalized spacial score (nSPS) is 15.9. The van der Waals surface area contributed by atoms with Gasteiger partial charge < -0.3 is 14.8 Å². The summed E-state index contributed by atoms with van der Waals surface area (Å²) in [6, 6.07) is 15.0. The van der Waals surface area contributed by atoms with Crippen LogP contribution >= 0.6 is 24.0 Å². The molecule has 0 bridgehead atoms. The molecule has 2 aromatic carbocycles. The molecule has 2 amide bonds. The molecule has 6 nitrogen and oxygen atoms in total. The van der Waals surface area contributed by atoms with Crippen LogP contribution in [0.25, 0.3) is 0 Å². The van der Waals surface area contributed by atoms with Crippen LogP contribution in [-0.4, -0.2) is 39.4 Å². The minimum atomic E-state index is -0.439. The largest absolute Gasteiger partial charge is 0.494 e. The number of hydrogen-bond donors (Lipinski definition) is 1. The maximum atomic E-state index is 12.5. The van der Waals surface area contributed by atoms with Crippen molar-refractivity contribution in [3.63, 3.8) is 0 Å². The van der Waals surface area contributed by atoms with Gasteiger partial charge in [-0.15, -0.1) is 0 Å². The number of thiocarbonyl (C=S) groups is 1. The van der Waals surface area contributed by atoms with Crippen LogP contribution in [0.15, 0.2) is 48.5 Å². The van der Waals surface area contributed by atoms with E-state index in [1.54, 1.807) is 4.90 Å². The summed E-state index contributed by atoms with van der Waals surface area (Å²) in [7, 11) is 0. The molecule has 1 aliphatic heterocycles. The molecule has 0 radical (unpaired) electrons. The van der Waals surface area contributed by atoms with Crippen molar-refractivity contribution >= 4 is 40.1 Å². The molecule has 1 N–H and O–H groups in total. The fraction of sp³-hybridized carbons (Fsp3) is 0.375. The monoisotopic (exact) mass is 472 g/mol. The van der Waals surface area contributed by atoms with Gasteiger partial charge in [0, 0.05) is 19.5 Å². The summed E-state index contributed by atoms with van der Waals surface area (Å²) in [5.41, 5.74) is 0.944. The fourth-order valence-electron chi connectivity index (χ4n) is 3.18. The van der Waals surface area contributed by atoms with Crippen molar-refractivity contribution in [2.75, 3.05) is 13.2 Å². The van der Waals surface area contributed by atoms with E-state index in [2.05, 4.69) is 5.32 Å². The number of thioether (sulfide) groups is 1. The number of nitrogens with zero attached hydrogens (tertiary/aromatic N) is 1. The lowest BCUT2D eigenvalue weighted by Crippen LogP contribution is -2.36. The van der Waals surface area contributed by atoms with Crippen LogP contribution < -0.4 is 14.8 Å². The second-order valence-corrected chi connectivity index (χ2v) is 9.68. The van der Waals surface area contributed by atoms with Gasteiger partial charge in [0.05, 0.1) is 11.9 Å². The second-order valence-electron chi connectivity index (χ2n) is 7.85. The van der Waals surface area contributed by atoms with E-state index in [9.17, 15) is 9.59 Å². The fourth-order valence-corrected chi connectivity index (χ4v) is 4.69. The first-order chi connectivity index (χ1) is 15.4. The molecule has 2 aromatic rings. The summed E-state index contributed by atoms with van der Waals surface area (Å²) < 4.78 is 11.8. The summed E-state index contributed by atoms with van der Waals surface area (Å²) in [6.07, 6.45) is 0.122. The molecule has 1 fully saturated rings. The predicted molar refractivity (Wildman–Crippen MR) is 131 cm³/mol. The molecule has 1 atom stereocenters. The Hall–Kier alpha value is -2.58. The Balaban J connectivity index is 1.46. The molecule has 170 valence electrons. The van der Waals surface area contributed by atoms with Gasteiger partial charge in [-0.1, -0.05) is 50.0 Å². The molecule has 1 unspecified atom stereocenters. The highest BCUT2D eigenvalue weighted by molar-refractivity contribution is 8.24. The van der Waals surface area contributed by atoms with Crippen molar-refractivity contribution in [1.82, 2.24) is 10.2 Å². The van der Waals surface area contributed by atoms with Crippen LogP contribution in [0, 0.1) is 5.92 Å². The van der Waals surface area contributed by atoms with Crippen molar-refractivity contribution in [2.45, 2.75) is 39.0 Å². The van der Waals surface area contributed by atoms with E-state index in [4.69, 9.17) is 21.7 Å². The Morgan fingerprint density at radius 2 is 1.69 bits per heavy atom. The minimum Gasteiger partial charge on any atom is -0.494 e. The summed E-state index contributed by atoms with van der Waals surface area (Å²) in [5.74, 6) is 2.32. The molecular formula is C24H28N2O4S2. The van der Waals surface area contributed by atoms with Gasteiger partial charge in [-0.3, -0.25) is 14.5 Å². The molecular weight excluding hydrogens is 444 g/mol. The lowest BCUT2D eigenvalue weighted by atomic mass is 10.2. The van der Waals surface area contributed by atoms with Crippen LogP contribution in [0.4, 0.5) is 0 Å². The van der Waals surface area contributed by atoms with E-state index in [0.717, 1.165) is 17.1 Å². The predicted octanol–water partition coefficient (Wildman–Crippen LogP) is 4.77. The quantitative estimate of drug-likeness (QED) is 0.503. The first-order valence-electron chi connectivity index (χ1n) is 10.6. The van der Waals surface area contributed by atoms with Gasteiger partial charge in [-0.2, -0.15) is 0 Å². The van der Waals surface area contributed by atoms with Crippen LogP contribution in [-0.2, 0) is 16.1 Å². The zero-order valence-electron chi connectivity index (χ0n) is 18.5. The average molecular weight is 473 g/mol. The van der Waals surface area contributed by atoms with E-state index in [-0.39, 0.29) is 18.2 Å². The second kappa shape index (κ2) is 11.3. The maximum Gasteiger partial charge on any atom is 0.242 e. The average Bonchev–Trinajstić information content (AvgIpc) is 3.02. The van der Waals surface area contributed by atoms with Gasteiger partial charge in [0.25, 0.3) is 0 Å². The van der Waals surface area contributed by atoms with Crippen molar-refractivity contribution in [3.05, 3.63) is 54.1 Å². The molecule has 0 aromatic heterocycles. The number of benzene rings is 2. The van der Waals surface area contributed by atoms with E-state index < -0.39 is 5.25 Å². The maximum absolute atomic E-state index is 12.5. The molecule has 1 heterocycles. The molecule has 0 aliphatic carbocycles. The molecule has 32 heavy (non-hydrogen) atoms. The summed E-state index contributed by atoms with van der Waals surface area (Å²) >= 11 is 6.61. The lowest BCUT2D eigenvalue weighted by Gasteiger charge is -2.17. The van der Waals surface area contributed by atoms with E-state index >= 15 is 0 Å². The first-order valence-corrected chi connectivity index (χ1v) is 11.9. The summed E-state index contributed by atoms with van der Waals surface area (Å²) in [5, 5.41) is 2.44. The number of nitrogens with one attached hydrogen (secondary N) is 1. The van der Waals surface area contributed by atoms with Crippen molar-refractivity contribution < 1.29 is 19.1 Å². The Bertz CT molecular complexity index is 945. The smallest absolute Gasteiger partial charge is 0.242 e. The third-order valence-electron chi connectivity index (χ3n) is 4.71. The molecule has 3 rings (SSSR count). The highest BCUT2D eigenvalue weighted by Gasteiger charge is 2.38. The van der Waals surface area contributed by atoms with Gasteiger partial charge in [0.1, 0.15) is 21.6 Å². The molecule has 1 aliphatic rings. The Kier molecular flexibility index (Phi) is 8.53. The number of carbonyl (C=O) groups is 2. The zero-order chi connectivity index (χ0) is 23.1. The number of amides is 2. The SMILES string of the molecule is CCOc1ccc(Oc2ccc(CNC(=O)CC3SC(=S)N(CC(C)C)C3=O)cc2)cc1. The highest BCUT2D eigenvalue weighted by Crippen LogP contribution is 2.30. The first kappa shape index (κ1) is 24.1. The summed E-state index contributed by atoms with van der Waals surface area (Å²) in [4.78, 5) is 26.5. The van der Waals surface area contributed by atoms with Crippen LogP contribution in [0.3, 0.4) is 0 Å². The molecule has 1 saturated heterocycles. The number of carbonyl (C=O) groups excluding carboxylic acids is 2. The molecule has 0 spiro atoms. The van der Waals surface area contributed by atoms with Crippen molar-refractivity contribution in [2.24, 2.45) is 5.92 Å². The van der Waals surface area contributed by atoms with E-state index in [1.807, 2.05) is 69.3 Å². The Morgan fingerprint density at radius 3 is 2.28 bits per heavy atom. The van der Waals surface area contributed by atoms with Gasteiger partial charge in [-0.05, 0) is 54.8 Å². The van der Waals surface area contributed by atoms with Gasteiger partial charge in [0.2, 0.25) is 11.8 Å². The molecule has 0 saturated carbocycles. The van der Waals surface area contributed by atoms with E-state index in [0.29, 0.717) is 35.7 Å².